The first-order chi connectivity index (χ1) is 11.3. The van der Waals surface area contributed by atoms with Crippen LogP contribution in [0, 0.1) is 0 Å². The maximum absolute atomic E-state index is 12.1. The summed E-state index contributed by atoms with van der Waals surface area (Å²) in [6, 6.07) is 16.6. The van der Waals surface area contributed by atoms with E-state index in [1.807, 2.05) is 36.4 Å². The topological polar surface area (TPSA) is 60.5 Å². The molecule has 5 nitrogen and oxygen atoms in total. The fourth-order valence-electron chi connectivity index (χ4n) is 2.23. The Morgan fingerprint density at radius 2 is 1.87 bits per heavy atom. The smallest absolute Gasteiger partial charge is 0.262 e. The predicted octanol–water partition coefficient (Wildman–Crippen LogP) is 3.26. The van der Waals surface area contributed by atoms with Gasteiger partial charge in [0.25, 0.3) is 5.91 Å². The van der Waals surface area contributed by atoms with Crippen molar-refractivity contribution in [2.24, 2.45) is 0 Å². The molecule has 23 heavy (non-hydrogen) atoms. The third kappa shape index (κ3) is 3.58. The highest BCUT2D eigenvalue weighted by Crippen LogP contribution is 2.21. The van der Waals surface area contributed by atoms with Crippen molar-refractivity contribution in [1.29, 1.82) is 0 Å². The lowest BCUT2D eigenvalue weighted by Crippen LogP contribution is -2.20. The Balaban J connectivity index is 1.67. The van der Waals surface area contributed by atoms with Gasteiger partial charge in [0.15, 0.2) is 6.61 Å². The number of nitrogens with one attached hydrogen (secondary N) is 1. The summed E-state index contributed by atoms with van der Waals surface area (Å²) < 4.78 is 10.6. The van der Waals surface area contributed by atoms with E-state index in [1.165, 1.54) is 0 Å². The Labute approximate surface area is 133 Å². The van der Waals surface area contributed by atoms with Gasteiger partial charge >= 0.3 is 0 Å². The van der Waals surface area contributed by atoms with Crippen LogP contribution < -0.4 is 14.8 Å². The summed E-state index contributed by atoms with van der Waals surface area (Å²) in [4.78, 5) is 16.4. The Hall–Kier alpha value is -3.08. The minimum absolute atomic E-state index is 0.0869. The number of pyridine rings is 1. The second-order valence-corrected chi connectivity index (χ2v) is 4.90. The molecule has 0 atom stereocenters. The van der Waals surface area contributed by atoms with E-state index in [2.05, 4.69) is 10.3 Å². The number of para-hydroxylation sites is 1. The van der Waals surface area contributed by atoms with Crippen LogP contribution in [0.1, 0.15) is 0 Å². The number of amides is 1. The SMILES string of the molecule is COc1cccc(OCC(=O)Nc2cccc3cccnc23)c1. The second kappa shape index (κ2) is 6.79. The number of nitrogens with zero attached hydrogens (tertiary/aromatic N) is 1. The first-order valence-electron chi connectivity index (χ1n) is 7.17. The zero-order valence-corrected chi connectivity index (χ0v) is 12.7. The minimum atomic E-state index is -0.244. The van der Waals surface area contributed by atoms with Crippen molar-refractivity contribution in [3.05, 3.63) is 60.8 Å². The van der Waals surface area contributed by atoms with E-state index < -0.39 is 0 Å². The first kappa shape index (κ1) is 14.8. The maximum atomic E-state index is 12.1. The molecule has 0 bridgehead atoms. The van der Waals surface area contributed by atoms with E-state index in [0.717, 1.165) is 10.9 Å². The number of carbonyl (C=O) groups is 1. The Morgan fingerprint density at radius 1 is 1.09 bits per heavy atom. The first-order valence-corrected chi connectivity index (χ1v) is 7.17. The molecule has 2 aromatic carbocycles. The third-order valence-corrected chi connectivity index (χ3v) is 3.32. The summed E-state index contributed by atoms with van der Waals surface area (Å²) in [5.41, 5.74) is 1.42. The maximum Gasteiger partial charge on any atom is 0.262 e. The van der Waals surface area contributed by atoms with E-state index in [-0.39, 0.29) is 12.5 Å². The number of anilines is 1. The van der Waals surface area contributed by atoms with Gasteiger partial charge in [-0.15, -0.1) is 0 Å². The van der Waals surface area contributed by atoms with E-state index in [0.29, 0.717) is 17.2 Å². The van der Waals surface area contributed by atoms with Gasteiger partial charge < -0.3 is 14.8 Å². The second-order valence-electron chi connectivity index (χ2n) is 4.90. The number of methoxy groups -OCH3 is 1. The number of hydrogen-bond acceptors (Lipinski definition) is 4. The standard InChI is InChI=1S/C18H16N2O3/c1-22-14-7-3-8-15(11-14)23-12-17(21)20-16-9-2-5-13-6-4-10-19-18(13)16/h2-11H,12H2,1H3,(H,20,21). The van der Waals surface area contributed by atoms with Gasteiger partial charge in [-0.05, 0) is 24.3 Å². The van der Waals surface area contributed by atoms with Crippen molar-refractivity contribution >= 4 is 22.5 Å². The number of rotatable bonds is 5. The van der Waals surface area contributed by atoms with Crippen LogP contribution in [-0.2, 0) is 4.79 Å². The summed E-state index contributed by atoms with van der Waals surface area (Å²) in [6.07, 6.45) is 1.70. The van der Waals surface area contributed by atoms with Gasteiger partial charge in [0.05, 0.1) is 18.3 Å². The van der Waals surface area contributed by atoms with Gasteiger partial charge in [-0.1, -0.05) is 24.3 Å². The van der Waals surface area contributed by atoms with Crippen LogP contribution in [0.5, 0.6) is 11.5 Å². The van der Waals surface area contributed by atoms with E-state index in [1.54, 1.807) is 31.5 Å². The molecule has 0 saturated carbocycles. The lowest BCUT2D eigenvalue weighted by atomic mass is 10.2. The molecule has 0 unspecified atom stereocenters. The molecular formula is C18H16N2O3. The zero-order valence-electron chi connectivity index (χ0n) is 12.7. The molecule has 0 aliphatic rings. The summed E-state index contributed by atoms with van der Waals surface area (Å²) in [5, 5.41) is 3.80. The highest BCUT2D eigenvalue weighted by Gasteiger charge is 2.07. The average Bonchev–Trinajstić information content (AvgIpc) is 2.60. The summed E-state index contributed by atoms with van der Waals surface area (Å²) in [5.74, 6) is 1.02. The number of carbonyl (C=O) groups excluding carboxylic acids is 1. The molecule has 1 N–H and O–H groups in total. The van der Waals surface area contributed by atoms with E-state index in [4.69, 9.17) is 9.47 Å². The van der Waals surface area contributed by atoms with E-state index >= 15 is 0 Å². The number of hydrogen-bond donors (Lipinski definition) is 1. The number of fused-ring (bicyclic) bond motifs is 1. The number of aromatic nitrogens is 1. The molecule has 116 valence electrons. The molecular weight excluding hydrogens is 292 g/mol. The number of benzene rings is 2. The van der Waals surface area contributed by atoms with Crippen LogP contribution in [0.4, 0.5) is 5.69 Å². The summed E-state index contributed by atoms with van der Waals surface area (Å²) >= 11 is 0. The normalized spacial score (nSPS) is 10.3. The van der Waals surface area contributed by atoms with Crippen LogP contribution >= 0.6 is 0 Å². The molecule has 0 spiro atoms. The van der Waals surface area contributed by atoms with Crippen LogP contribution in [0.25, 0.3) is 10.9 Å². The number of ether oxygens (including phenoxy) is 2. The Kier molecular flexibility index (Phi) is 4.38. The van der Waals surface area contributed by atoms with Gasteiger partial charge in [-0.25, -0.2) is 0 Å². The lowest BCUT2D eigenvalue weighted by Gasteiger charge is -2.10. The van der Waals surface area contributed by atoms with Crippen LogP contribution in [0.3, 0.4) is 0 Å². The average molecular weight is 308 g/mol. The molecule has 1 aromatic heterocycles. The van der Waals surface area contributed by atoms with Crippen molar-refractivity contribution in [1.82, 2.24) is 4.98 Å². The molecule has 0 saturated heterocycles. The fraction of sp³-hybridized carbons (Fsp3) is 0.111. The molecule has 0 aliphatic carbocycles. The van der Waals surface area contributed by atoms with Crippen molar-refractivity contribution in [2.45, 2.75) is 0 Å². The molecule has 3 rings (SSSR count). The predicted molar refractivity (Wildman–Crippen MR) is 88.9 cm³/mol. The largest absolute Gasteiger partial charge is 0.497 e. The summed E-state index contributed by atoms with van der Waals surface area (Å²) in [6.45, 7) is -0.0869. The third-order valence-electron chi connectivity index (χ3n) is 3.32. The van der Waals surface area contributed by atoms with Gasteiger partial charge in [0.1, 0.15) is 11.5 Å². The summed E-state index contributed by atoms with van der Waals surface area (Å²) in [7, 11) is 1.58. The van der Waals surface area contributed by atoms with Gasteiger partial charge in [-0.3, -0.25) is 9.78 Å². The van der Waals surface area contributed by atoms with Gasteiger partial charge in [0.2, 0.25) is 0 Å². The quantitative estimate of drug-likeness (QED) is 0.786. The molecule has 0 radical (unpaired) electrons. The van der Waals surface area contributed by atoms with E-state index in [9.17, 15) is 4.79 Å². The van der Waals surface area contributed by atoms with Crippen LogP contribution in [-0.4, -0.2) is 24.6 Å². The van der Waals surface area contributed by atoms with Crippen molar-refractivity contribution < 1.29 is 14.3 Å². The fourth-order valence-corrected chi connectivity index (χ4v) is 2.23. The molecule has 1 heterocycles. The molecule has 5 heteroatoms. The van der Waals surface area contributed by atoms with Crippen molar-refractivity contribution in [2.75, 3.05) is 19.0 Å². The molecule has 1 amide bonds. The minimum Gasteiger partial charge on any atom is -0.497 e. The highest BCUT2D eigenvalue weighted by atomic mass is 16.5. The van der Waals surface area contributed by atoms with Crippen LogP contribution in [0.2, 0.25) is 0 Å². The van der Waals surface area contributed by atoms with Crippen molar-refractivity contribution in [3.63, 3.8) is 0 Å². The Morgan fingerprint density at radius 3 is 2.74 bits per heavy atom. The van der Waals surface area contributed by atoms with Crippen LogP contribution in [0.15, 0.2) is 60.8 Å². The van der Waals surface area contributed by atoms with Gasteiger partial charge in [0, 0.05) is 17.6 Å². The molecule has 0 fully saturated rings. The molecule has 3 aromatic rings. The highest BCUT2D eigenvalue weighted by molar-refractivity contribution is 6.00. The Bertz CT molecular complexity index is 828. The van der Waals surface area contributed by atoms with Crippen molar-refractivity contribution in [3.8, 4) is 11.5 Å². The lowest BCUT2D eigenvalue weighted by molar-refractivity contribution is -0.118. The molecule has 0 aliphatic heterocycles. The van der Waals surface area contributed by atoms with Gasteiger partial charge in [-0.2, -0.15) is 0 Å². The zero-order chi connectivity index (χ0) is 16.1. The monoisotopic (exact) mass is 308 g/mol.